The molecular formula is C17H15ClF2INO3. The van der Waals surface area contributed by atoms with Gasteiger partial charge in [-0.1, -0.05) is 17.7 Å². The maximum atomic E-state index is 12.6. The van der Waals surface area contributed by atoms with E-state index < -0.39 is 6.61 Å². The van der Waals surface area contributed by atoms with Crippen molar-refractivity contribution < 1.29 is 23.0 Å². The van der Waals surface area contributed by atoms with Crippen LogP contribution in [-0.4, -0.2) is 31.6 Å². The van der Waals surface area contributed by atoms with Gasteiger partial charge in [0.05, 0.1) is 12.7 Å². The Morgan fingerprint density at radius 3 is 2.56 bits per heavy atom. The Balaban J connectivity index is 2.16. The quantitative estimate of drug-likeness (QED) is 0.555. The van der Waals surface area contributed by atoms with E-state index in [1.54, 1.807) is 37.4 Å². The topological polar surface area (TPSA) is 38.8 Å². The van der Waals surface area contributed by atoms with Crippen LogP contribution >= 0.6 is 34.2 Å². The largest absolute Gasteiger partial charge is 0.493 e. The Morgan fingerprint density at radius 2 is 1.96 bits per heavy atom. The van der Waals surface area contributed by atoms with E-state index in [1.165, 1.54) is 18.1 Å². The van der Waals surface area contributed by atoms with Gasteiger partial charge < -0.3 is 14.4 Å². The van der Waals surface area contributed by atoms with E-state index in [0.29, 0.717) is 10.6 Å². The highest BCUT2D eigenvalue weighted by Gasteiger charge is 2.17. The molecule has 0 radical (unpaired) electrons. The van der Waals surface area contributed by atoms with Crippen molar-refractivity contribution in [2.75, 3.05) is 14.2 Å². The minimum absolute atomic E-state index is 0.0533. The zero-order chi connectivity index (χ0) is 18.6. The van der Waals surface area contributed by atoms with Gasteiger partial charge in [-0.3, -0.25) is 4.79 Å². The predicted octanol–water partition coefficient (Wildman–Crippen LogP) is 4.83. The number of methoxy groups -OCH3 is 1. The lowest BCUT2D eigenvalue weighted by Gasteiger charge is -2.19. The smallest absolute Gasteiger partial charge is 0.387 e. The van der Waals surface area contributed by atoms with Crippen molar-refractivity contribution in [2.24, 2.45) is 0 Å². The second-order valence-electron chi connectivity index (χ2n) is 5.15. The summed E-state index contributed by atoms with van der Waals surface area (Å²) < 4.78 is 34.9. The van der Waals surface area contributed by atoms with Crippen LogP contribution in [0.1, 0.15) is 15.9 Å². The normalized spacial score (nSPS) is 10.7. The van der Waals surface area contributed by atoms with Crippen molar-refractivity contribution in [3.63, 3.8) is 0 Å². The lowest BCUT2D eigenvalue weighted by atomic mass is 10.1. The van der Waals surface area contributed by atoms with Crippen molar-refractivity contribution >= 4 is 40.1 Å². The van der Waals surface area contributed by atoms with Gasteiger partial charge in [0, 0.05) is 22.2 Å². The summed E-state index contributed by atoms with van der Waals surface area (Å²) >= 11 is 7.96. The number of hydrogen-bond donors (Lipinski definition) is 0. The number of halogens is 4. The Morgan fingerprint density at radius 1 is 1.24 bits per heavy atom. The molecule has 0 atom stereocenters. The highest BCUT2D eigenvalue weighted by molar-refractivity contribution is 14.1. The summed E-state index contributed by atoms with van der Waals surface area (Å²) in [4.78, 5) is 14.1. The third-order valence-electron chi connectivity index (χ3n) is 3.37. The van der Waals surface area contributed by atoms with Crippen molar-refractivity contribution in [3.05, 3.63) is 56.1 Å². The highest BCUT2D eigenvalue weighted by Crippen LogP contribution is 2.30. The average molecular weight is 482 g/mol. The molecule has 0 spiro atoms. The first-order valence-corrected chi connectivity index (χ1v) is 8.59. The molecule has 2 aromatic carbocycles. The number of amides is 1. The van der Waals surface area contributed by atoms with E-state index in [4.69, 9.17) is 16.3 Å². The van der Waals surface area contributed by atoms with E-state index in [1.807, 2.05) is 0 Å². The van der Waals surface area contributed by atoms with Gasteiger partial charge in [-0.15, -0.1) is 0 Å². The van der Waals surface area contributed by atoms with Gasteiger partial charge >= 0.3 is 6.61 Å². The lowest BCUT2D eigenvalue weighted by Crippen LogP contribution is -2.26. The minimum atomic E-state index is -2.93. The van der Waals surface area contributed by atoms with Gasteiger partial charge in [-0.25, -0.2) is 0 Å². The van der Waals surface area contributed by atoms with E-state index >= 15 is 0 Å². The van der Waals surface area contributed by atoms with Crippen LogP contribution in [0, 0.1) is 3.57 Å². The fourth-order valence-electron chi connectivity index (χ4n) is 2.22. The number of benzene rings is 2. The summed E-state index contributed by atoms with van der Waals surface area (Å²) in [6, 6.07) is 9.60. The molecule has 2 aromatic rings. The molecule has 0 unspecified atom stereocenters. The highest BCUT2D eigenvalue weighted by atomic mass is 127. The molecule has 2 rings (SSSR count). The molecule has 0 saturated heterocycles. The van der Waals surface area contributed by atoms with E-state index in [9.17, 15) is 13.6 Å². The third kappa shape index (κ3) is 5.18. The second kappa shape index (κ2) is 8.66. The summed E-state index contributed by atoms with van der Waals surface area (Å²) in [7, 11) is 3.02. The van der Waals surface area contributed by atoms with Crippen LogP contribution in [0.5, 0.6) is 11.5 Å². The van der Waals surface area contributed by atoms with Crippen LogP contribution in [0.2, 0.25) is 5.02 Å². The van der Waals surface area contributed by atoms with Crippen molar-refractivity contribution in [2.45, 2.75) is 13.2 Å². The van der Waals surface area contributed by atoms with Gasteiger partial charge in [0.2, 0.25) is 0 Å². The van der Waals surface area contributed by atoms with Crippen LogP contribution in [0.4, 0.5) is 8.78 Å². The maximum Gasteiger partial charge on any atom is 0.387 e. The van der Waals surface area contributed by atoms with Gasteiger partial charge in [0.25, 0.3) is 5.91 Å². The Bertz CT molecular complexity index is 774. The van der Waals surface area contributed by atoms with Crippen LogP contribution in [0.3, 0.4) is 0 Å². The Labute approximate surface area is 162 Å². The standard InChI is InChI=1S/C17H15ClF2INO3/c1-22(16(23)12-5-4-11(18)8-13(12)21)9-10-3-6-14(25-17(19)20)15(7-10)24-2/h3-8,17H,9H2,1-2H3. The van der Waals surface area contributed by atoms with Gasteiger partial charge in [0.1, 0.15) is 0 Å². The van der Waals surface area contributed by atoms with Crippen LogP contribution in [0.25, 0.3) is 0 Å². The van der Waals surface area contributed by atoms with E-state index in [0.717, 1.165) is 9.13 Å². The lowest BCUT2D eigenvalue weighted by molar-refractivity contribution is -0.0512. The molecule has 0 N–H and O–H groups in total. The SMILES string of the molecule is COc1cc(CN(C)C(=O)c2ccc(Cl)cc2I)ccc1OC(F)F. The molecule has 4 nitrogen and oxygen atoms in total. The zero-order valence-electron chi connectivity index (χ0n) is 13.4. The van der Waals surface area contributed by atoms with Crippen LogP contribution < -0.4 is 9.47 Å². The molecule has 0 aliphatic heterocycles. The Hall–Kier alpha value is -1.61. The van der Waals surface area contributed by atoms with Crippen molar-refractivity contribution in [1.29, 1.82) is 0 Å². The summed E-state index contributed by atoms with van der Waals surface area (Å²) in [5.74, 6) is -0.0462. The average Bonchev–Trinajstić information content (AvgIpc) is 2.55. The molecule has 25 heavy (non-hydrogen) atoms. The molecule has 0 bridgehead atoms. The number of carbonyl (C=O) groups is 1. The molecule has 0 heterocycles. The molecular weight excluding hydrogens is 467 g/mol. The number of alkyl halides is 2. The minimum Gasteiger partial charge on any atom is -0.493 e. The number of rotatable bonds is 6. The van der Waals surface area contributed by atoms with Crippen molar-refractivity contribution in [3.8, 4) is 11.5 Å². The molecule has 1 amide bonds. The fraction of sp³-hybridized carbons (Fsp3) is 0.235. The monoisotopic (exact) mass is 481 g/mol. The first kappa shape index (κ1) is 19.7. The predicted molar refractivity (Wildman–Crippen MR) is 99.6 cm³/mol. The van der Waals surface area contributed by atoms with Crippen molar-refractivity contribution in [1.82, 2.24) is 4.90 Å². The van der Waals surface area contributed by atoms with Gasteiger partial charge in [-0.05, 0) is 58.5 Å². The molecule has 0 saturated carbocycles. The van der Waals surface area contributed by atoms with Gasteiger partial charge in [-0.2, -0.15) is 8.78 Å². The first-order valence-electron chi connectivity index (χ1n) is 7.14. The summed E-state index contributed by atoms with van der Waals surface area (Å²) in [5, 5.41) is 0.558. The maximum absolute atomic E-state index is 12.6. The van der Waals surface area contributed by atoms with E-state index in [2.05, 4.69) is 27.3 Å². The summed E-state index contributed by atoms with van der Waals surface area (Å²) in [6.45, 7) is -2.65. The molecule has 0 aliphatic rings. The zero-order valence-corrected chi connectivity index (χ0v) is 16.3. The number of hydrogen-bond acceptors (Lipinski definition) is 3. The fourth-order valence-corrected chi connectivity index (χ4v) is 3.32. The number of nitrogens with zero attached hydrogens (tertiary/aromatic N) is 1. The summed E-state index contributed by atoms with van der Waals surface area (Å²) in [5.41, 5.74) is 1.26. The molecule has 8 heteroatoms. The van der Waals surface area contributed by atoms with Crippen LogP contribution in [-0.2, 0) is 6.54 Å². The molecule has 0 fully saturated rings. The number of carbonyl (C=O) groups excluding carboxylic acids is 1. The van der Waals surface area contributed by atoms with E-state index in [-0.39, 0.29) is 24.0 Å². The Kier molecular flexibility index (Phi) is 6.83. The molecule has 0 aromatic heterocycles. The second-order valence-corrected chi connectivity index (χ2v) is 6.75. The van der Waals surface area contributed by atoms with Gasteiger partial charge in [0.15, 0.2) is 11.5 Å². The molecule has 0 aliphatic carbocycles. The first-order chi connectivity index (χ1) is 11.8. The third-order valence-corrected chi connectivity index (χ3v) is 4.50. The summed E-state index contributed by atoms with van der Waals surface area (Å²) in [6.07, 6.45) is 0. The molecule has 134 valence electrons. The van der Waals surface area contributed by atoms with Crippen LogP contribution in [0.15, 0.2) is 36.4 Å². The number of ether oxygens (including phenoxy) is 2.